The highest BCUT2D eigenvalue weighted by molar-refractivity contribution is 6.30. The van der Waals surface area contributed by atoms with E-state index in [0.717, 1.165) is 37.0 Å². The lowest BCUT2D eigenvalue weighted by Crippen LogP contribution is -2.38. The molecule has 5 heteroatoms. The van der Waals surface area contributed by atoms with Crippen molar-refractivity contribution in [1.82, 2.24) is 15.0 Å². The summed E-state index contributed by atoms with van der Waals surface area (Å²) < 4.78 is 5.39. The van der Waals surface area contributed by atoms with Crippen LogP contribution in [0.15, 0.2) is 28.8 Å². The number of benzene rings is 1. The molecular weight excluding hydrogens is 286 g/mol. The Kier molecular flexibility index (Phi) is 4.27. The first kappa shape index (κ1) is 14.5. The summed E-state index contributed by atoms with van der Waals surface area (Å²) in [6.07, 6.45) is 1.30. The molecule has 4 nitrogen and oxygen atoms in total. The van der Waals surface area contributed by atoms with Crippen molar-refractivity contribution in [3.63, 3.8) is 0 Å². The van der Waals surface area contributed by atoms with E-state index < -0.39 is 0 Å². The van der Waals surface area contributed by atoms with Gasteiger partial charge in [0.2, 0.25) is 11.7 Å². The second kappa shape index (κ2) is 6.16. The fourth-order valence-corrected chi connectivity index (χ4v) is 3.27. The second-order valence-corrected chi connectivity index (χ2v) is 6.60. The largest absolute Gasteiger partial charge is 0.338 e. The maximum Gasteiger partial charge on any atom is 0.241 e. The molecule has 0 aliphatic carbocycles. The molecule has 0 radical (unpaired) electrons. The van der Waals surface area contributed by atoms with Gasteiger partial charge >= 0.3 is 0 Å². The lowest BCUT2D eigenvalue weighted by molar-refractivity contribution is 0.121. The minimum atomic E-state index is 0.625. The van der Waals surface area contributed by atoms with E-state index in [-0.39, 0.29) is 0 Å². The average molecular weight is 306 g/mol. The molecule has 2 atom stereocenters. The van der Waals surface area contributed by atoms with Gasteiger partial charge in [-0.15, -0.1) is 0 Å². The normalized spacial score (nSPS) is 23.4. The Morgan fingerprint density at radius 2 is 1.86 bits per heavy atom. The molecule has 0 bridgehead atoms. The number of piperidine rings is 1. The second-order valence-electron chi connectivity index (χ2n) is 6.16. The monoisotopic (exact) mass is 305 g/mol. The zero-order chi connectivity index (χ0) is 14.8. The van der Waals surface area contributed by atoms with Crippen molar-refractivity contribution < 1.29 is 4.52 Å². The molecule has 0 N–H and O–H groups in total. The van der Waals surface area contributed by atoms with E-state index in [4.69, 9.17) is 16.1 Å². The molecule has 1 aliphatic rings. The van der Waals surface area contributed by atoms with Crippen LogP contribution < -0.4 is 0 Å². The van der Waals surface area contributed by atoms with Crippen molar-refractivity contribution in [2.45, 2.75) is 26.8 Å². The number of halogens is 1. The van der Waals surface area contributed by atoms with Gasteiger partial charge in [0.05, 0.1) is 6.54 Å². The number of hydrogen-bond donors (Lipinski definition) is 0. The fraction of sp³-hybridized carbons (Fsp3) is 0.500. The Labute approximate surface area is 130 Å². The number of aromatic nitrogens is 2. The Morgan fingerprint density at radius 1 is 1.19 bits per heavy atom. The minimum Gasteiger partial charge on any atom is -0.338 e. The predicted molar refractivity (Wildman–Crippen MR) is 83.0 cm³/mol. The lowest BCUT2D eigenvalue weighted by Gasteiger charge is -2.33. The molecule has 0 amide bonds. The van der Waals surface area contributed by atoms with Gasteiger partial charge < -0.3 is 4.52 Å². The first-order valence-corrected chi connectivity index (χ1v) is 7.79. The smallest absolute Gasteiger partial charge is 0.241 e. The molecule has 1 aromatic carbocycles. The van der Waals surface area contributed by atoms with Gasteiger partial charge in [0.1, 0.15) is 0 Å². The van der Waals surface area contributed by atoms with Gasteiger partial charge in [0.25, 0.3) is 0 Å². The first-order valence-electron chi connectivity index (χ1n) is 7.41. The van der Waals surface area contributed by atoms with Crippen LogP contribution in [0.25, 0.3) is 11.4 Å². The summed E-state index contributed by atoms with van der Waals surface area (Å²) in [5.74, 6) is 2.76. The van der Waals surface area contributed by atoms with Crippen molar-refractivity contribution >= 4 is 11.6 Å². The van der Waals surface area contributed by atoms with Crippen LogP contribution in [0.5, 0.6) is 0 Å². The Morgan fingerprint density at radius 3 is 2.52 bits per heavy atom. The van der Waals surface area contributed by atoms with Crippen molar-refractivity contribution in [2.75, 3.05) is 13.1 Å². The van der Waals surface area contributed by atoms with E-state index in [1.165, 1.54) is 6.42 Å². The highest BCUT2D eigenvalue weighted by Gasteiger charge is 2.23. The zero-order valence-electron chi connectivity index (χ0n) is 12.4. The van der Waals surface area contributed by atoms with Gasteiger partial charge in [-0.2, -0.15) is 4.98 Å². The predicted octanol–water partition coefficient (Wildman–Crippen LogP) is 3.87. The van der Waals surface area contributed by atoms with E-state index in [1.807, 2.05) is 24.3 Å². The van der Waals surface area contributed by atoms with Gasteiger partial charge in [-0.05, 0) is 42.5 Å². The molecule has 0 spiro atoms. The number of rotatable bonds is 3. The van der Waals surface area contributed by atoms with Crippen LogP contribution in [0.2, 0.25) is 5.02 Å². The summed E-state index contributed by atoms with van der Waals surface area (Å²) in [5, 5.41) is 4.77. The van der Waals surface area contributed by atoms with E-state index in [1.54, 1.807) is 0 Å². The SMILES string of the molecule is C[C@H]1C[C@H](C)CN(Cc2nc(-c3ccc(Cl)cc3)no2)C1. The molecule has 3 rings (SSSR count). The molecule has 112 valence electrons. The summed E-state index contributed by atoms with van der Waals surface area (Å²) in [4.78, 5) is 6.89. The molecule has 1 saturated heterocycles. The maximum atomic E-state index is 5.89. The zero-order valence-corrected chi connectivity index (χ0v) is 13.2. The Balaban J connectivity index is 1.69. The number of hydrogen-bond acceptors (Lipinski definition) is 4. The Hall–Kier alpha value is -1.39. The summed E-state index contributed by atoms with van der Waals surface area (Å²) in [7, 11) is 0. The van der Waals surface area contributed by atoms with Crippen molar-refractivity contribution in [2.24, 2.45) is 11.8 Å². The van der Waals surface area contributed by atoms with E-state index >= 15 is 0 Å². The molecule has 0 unspecified atom stereocenters. The standard InChI is InChI=1S/C16H20ClN3O/c1-11-7-12(2)9-20(8-11)10-15-18-16(19-21-15)13-3-5-14(17)6-4-13/h3-6,11-12H,7-10H2,1-2H3/t11-,12-/m0/s1. The van der Waals surface area contributed by atoms with Crippen LogP contribution in [0, 0.1) is 11.8 Å². The van der Waals surface area contributed by atoms with Crippen LogP contribution in [0.3, 0.4) is 0 Å². The summed E-state index contributed by atoms with van der Waals surface area (Å²) in [6, 6.07) is 7.48. The third kappa shape index (κ3) is 3.63. The van der Waals surface area contributed by atoms with Gasteiger partial charge in [-0.3, -0.25) is 4.90 Å². The topological polar surface area (TPSA) is 42.2 Å². The summed E-state index contributed by atoms with van der Waals surface area (Å²) >= 11 is 5.89. The number of nitrogens with zero attached hydrogens (tertiary/aromatic N) is 3. The summed E-state index contributed by atoms with van der Waals surface area (Å²) in [5.41, 5.74) is 0.926. The molecule has 2 heterocycles. The van der Waals surface area contributed by atoms with Crippen LogP contribution >= 0.6 is 11.6 Å². The molecule has 1 aliphatic heterocycles. The quantitative estimate of drug-likeness (QED) is 0.863. The van der Waals surface area contributed by atoms with E-state index in [9.17, 15) is 0 Å². The lowest BCUT2D eigenvalue weighted by atomic mass is 9.92. The maximum absolute atomic E-state index is 5.89. The van der Waals surface area contributed by atoms with Gasteiger partial charge in [-0.1, -0.05) is 30.6 Å². The van der Waals surface area contributed by atoms with Gasteiger partial charge in [0.15, 0.2) is 0 Å². The van der Waals surface area contributed by atoms with Crippen molar-refractivity contribution in [1.29, 1.82) is 0 Å². The molecule has 1 fully saturated rings. The van der Waals surface area contributed by atoms with E-state index in [2.05, 4.69) is 28.9 Å². The third-order valence-corrected chi connectivity index (χ3v) is 4.13. The highest BCUT2D eigenvalue weighted by Crippen LogP contribution is 2.23. The van der Waals surface area contributed by atoms with Gasteiger partial charge in [-0.25, -0.2) is 0 Å². The van der Waals surface area contributed by atoms with Crippen LogP contribution in [0.4, 0.5) is 0 Å². The van der Waals surface area contributed by atoms with E-state index in [0.29, 0.717) is 16.7 Å². The molecule has 0 saturated carbocycles. The Bertz CT molecular complexity index is 586. The molecule has 21 heavy (non-hydrogen) atoms. The number of likely N-dealkylation sites (tertiary alicyclic amines) is 1. The average Bonchev–Trinajstić information content (AvgIpc) is 2.87. The van der Waals surface area contributed by atoms with Crippen LogP contribution in [-0.2, 0) is 6.54 Å². The molecular formula is C16H20ClN3O. The minimum absolute atomic E-state index is 0.625. The van der Waals surface area contributed by atoms with Crippen LogP contribution in [-0.4, -0.2) is 28.1 Å². The molecule has 1 aromatic heterocycles. The van der Waals surface area contributed by atoms with Gasteiger partial charge in [0, 0.05) is 23.7 Å². The third-order valence-electron chi connectivity index (χ3n) is 3.87. The first-order chi connectivity index (χ1) is 10.1. The molecule has 2 aromatic rings. The van der Waals surface area contributed by atoms with Crippen molar-refractivity contribution in [3.05, 3.63) is 35.2 Å². The highest BCUT2D eigenvalue weighted by atomic mass is 35.5. The fourth-order valence-electron chi connectivity index (χ4n) is 3.15. The van der Waals surface area contributed by atoms with Crippen molar-refractivity contribution in [3.8, 4) is 11.4 Å². The summed E-state index contributed by atoms with van der Waals surface area (Å²) in [6.45, 7) is 7.53. The van der Waals surface area contributed by atoms with Crippen LogP contribution in [0.1, 0.15) is 26.2 Å².